The summed E-state index contributed by atoms with van der Waals surface area (Å²) in [5.74, 6) is -0.564. The molecule has 0 saturated carbocycles. The van der Waals surface area contributed by atoms with Crippen LogP contribution in [0.1, 0.15) is 25.0 Å². The predicted octanol–water partition coefficient (Wildman–Crippen LogP) is 2.79. The van der Waals surface area contributed by atoms with Crippen molar-refractivity contribution in [3.05, 3.63) is 35.4 Å². The molecule has 3 heteroatoms. The first-order valence-electron chi connectivity index (χ1n) is 6.66. The van der Waals surface area contributed by atoms with Crippen molar-refractivity contribution in [2.75, 3.05) is 13.6 Å². The largest absolute Gasteiger partial charge is 0.344 e. The smallest absolute Gasteiger partial charge is 0.239 e. The highest BCUT2D eigenvalue weighted by molar-refractivity contribution is 5.81. The van der Waals surface area contributed by atoms with Crippen molar-refractivity contribution in [1.82, 2.24) is 4.90 Å². The van der Waals surface area contributed by atoms with Gasteiger partial charge in [0.15, 0.2) is 0 Å². The summed E-state index contributed by atoms with van der Waals surface area (Å²) in [6.07, 6.45) is 0.825. The van der Waals surface area contributed by atoms with E-state index in [1.807, 2.05) is 26.0 Å². The van der Waals surface area contributed by atoms with E-state index in [4.69, 9.17) is 5.26 Å². The van der Waals surface area contributed by atoms with Gasteiger partial charge in [0.25, 0.3) is 0 Å². The summed E-state index contributed by atoms with van der Waals surface area (Å²) in [5, 5.41) is 9.05. The van der Waals surface area contributed by atoms with Crippen molar-refractivity contribution in [3.63, 3.8) is 0 Å². The molecule has 102 valence electrons. The minimum atomic E-state index is -0.540. The van der Waals surface area contributed by atoms with Crippen molar-refractivity contribution in [3.8, 4) is 6.07 Å². The fourth-order valence-corrected chi connectivity index (χ4v) is 2.02. The average molecular weight is 258 g/mol. The average Bonchev–Trinajstić information content (AvgIpc) is 2.37. The summed E-state index contributed by atoms with van der Waals surface area (Å²) < 4.78 is 0. The summed E-state index contributed by atoms with van der Waals surface area (Å²) >= 11 is 0. The van der Waals surface area contributed by atoms with Crippen LogP contribution in [-0.4, -0.2) is 24.4 Å². The minimum absolute atomic E-state index is 0.0541. The van der Waals surface area contributed by atoms with E-state index in [2.05, 4.69) is 25.1 Å². The second-order valence-corrected chi connectivity index (χ2v) is 5.29. The third-order valence-electron chi connectivity index (χ3n) is 3.43. The third kappa shape index (κ3) is 4.10. The van der Waals surface area contributed by atoms with Crippen LogP contribution in [-0.2, 0) is 11.2 Å². The van der Waals surface area contributed by atoms with Crippen LogP contribution in [0.4, 0.5) is 0 Å². The normalized spacial score (nSPS) is 12.0. The first-order chi connectivity index (χ1) is 8.97. The molecule has 1 aromatic carbocycles. The Morgan fingerprint density at radius 2 is 2.00 bits per heavy atom. The Hall–Kier alpha value is -1.82. The molecule has 0 aliphatic rings. The standard InChI is InChI=1S/C16H22N2O/c1-12(2)15(11-17)16(19)18(4)10-9-14-8-6-5-7-13(14)3/h5-8,12,15H,9-10H2,1-4H3. The SMILES string of the molecule is Cc1ccccc1CCN(C)C(=O)C(C#N)C(C)C. The molecule has 1 amide bonds. The molecule has 0 N–H and O–H groups in total. The molecule has 19 heavy (non-hydrogen) atoms. The lowest BCUT2D eigenvalue weighted by Crippen LogP contribution is -2.36. The molecule has 0 saturated heterocycles. The summed E-state index contributed by atoms with van der Waals surface area (Å²) in [6.45, 7) is 6.53. The van der Waals surface area contributed by atoms with Gasteiger partial charge in [-0.2, -0.15) is 5.26 Å². The lowest BCUT2D eigenvalue weighted by atomic mass is 9.96. The zero-order chi connectivity index (χ0) is 14.4. The van der Waals surface area contributed by atoms with E-state index in [-0.39, 0.29) is 11.8 Å². The summed E-state index contributed by atoms with van der Waals surface area (Å²) in [6, 6.07) is 10.3. The number of carbonyl (C=O) groups excluding carboxylic acids is 1. The van der Waals surface area contributed by atoms with E-state index >= 15 is 0 Å². The quantitative estimate of drug-likeness (QED) is 0.815. The molecule has 0 fully saturated rings. The lowest BCUT2D eigenvalue weighted by molar-refractivity contribution is -0.133. The van der Waals surface area contributed by atoms with E-state index < -0.39 is 5.92 Å². The van der Waals surface area contributed by atoms with E-state index in [0.29, 0.717) is 6.54 Å². The van der Waals surface area contributed by atoms with Crippen LogP contribution in [0.25, 0.3) is 0 Å². The number of likely N-dealkylation sites (N-methyl/N-ethyl adjacent to an activating group) is 1. The van der Waals surface area contributed by atoms with Crippen LogP contribution in [0, 0.1) is 30.1 Å². The van der Waals surface area contributed by atoms with Gasteiger partial charge in [-0.3, -0.25) is 4.79 Å². The van der Waals surface area contributed by atoms with E-state index in [0.717, 1.165) is 6.42 Å². The fourth-order valence-electron chi connectivity index (χ4n) is 2.02. The number of rotatable bonds is 5. The fraction of sp³-hybridized carbons (Fsp3) is 0.500. The van der Waals surface area contributed by atoms with Gasteiger partial charge in [0.1, 0.15) is 5.92 Å². The molecule has 0 aliphatic heterocycles. The number of nitriles is 1. The maximum absolute atomic E-state index is 12.1. The van der Waals surface area contributed by atoms with Crippen LogP contribution in [0.2, 0.25) is 0 Å². The number of hydrogen-bond donors (Lipinski definition) is 0. The third-order valence-corrected chi connectivity index (χ3v) is 3.43. The number of benzene rings is 1. The molecule has 0 radical (unpaired) electrons. The van der Waals surface area contributed by atoms with E-state index in [1.165, 1.54) is 11.1 Å². The Labute approximate surface area is 115 Å². The number of nitrogens with zero attached hydrogens (tertiary/aromatic N) is 2. The van der Waals surface area contributed by atoms with Crippen molar-refractivity contribution >= 4 is 5.91 Å². The second-order valence-electron chi connectivity index (χ2n) is 5.29. The van der Waals surface area contributed by atoms with Crippen LogP contribution in [0.3, 0.4) is 0 Å². The van der Waals surface area contributed by atoms with Crippen LogP contribution in [0.15, 0.2) is 24.3 Å². The van der Waals surface area contributed by atoms with Gasteiger partial charge < -0.3 is 4.90 Å². The Kier molecular flexibility index (Phi) is 5.57. The molecular formula is C16H22N2O. The highest BCUT2D eigenvalue weighted by Crippen LogP contribution is 2.14. The molecule has 1 unspecified atom stereocenters. The van der Waals surface area contributed by atoms with E-state index in [9.17, 15) is 4.79 Å². The van der Waals surface area contributed by atoms with Crippen molar-refractivity contribution in [2.45, 2.75) is 27.2 Å². The monoisotopic (exact) mass is 258 g/mol. The topological polar surface area (TPSA) is 44.1 Å². The maximum atomic E-state index is 12.1. The Bertz CT molecular complexity index is 474. The molecule has 0 aliphatic carbocycles. The Morgan fingerprint density at radius 3 is 2.53 bits per heavy atom. The van der Waals surface area contributed by atoms with Gasteiger partial charge in [-0.05, 0) is 30.4 Å². The van der Waals surface area contributed by atoms with Crippen molar-refractivity contribution < 1.29 is 4.79 Å². The molecule has 3 nitrogen and oxygen atoms in total. The van der Waals surface area contributed by atoms with Gasteiger partial charge in [-0.25, -0.2) is 0 Å². The highest BCUT2D eigenvalue weighted by Gasteiger charge is 2.24. The number of hydrogen-bond acceptors (Lipinski definition) is 2. The van der Waals surface area contributed by atoms with Crippen molar-refractivity contribution in [2.24, 2.45) is 11.8 Å². The number of aryl methyl sites for hydroxylation is 1. The zero-order valence-electron chi connectivity index (χ0n) is 12.2. The summed E-state index contributed by atoms with van der Waals surface area (Å²) in [7, 11) is 1.77. The van der Waals surface area contributed by atoms with E-state index in [1.54, 1.807) is 11.9 Å². The lowest BCUT2D eigenvalue weighted by Gasteiger charge is -2.22. The molecule has 0 spiro atoms. The maximum Gasteiger partial charge on any atom is 0.239 e. The van der Waals surface area contributed by atoms with Crippen molar-refractivity contribution in [1.29, 1.82) is 5.26 Å². The molecule has 0 bridgehead atoms. The van der Waals surface area contributed by atoms with Gasteiger partial charge in [0, 0.05) is 13.6 Å². The second kappa shape index (κ2) is 6.94. The minimum Gasteiger partial charge on any atom is -0.344 e. The first-order valence-corrected chi connectivity index (χ1v) is 6.66. The van der Waals surface area contributed by atoms with Gasteiger partial charge in [-0.1, -0.05) is 38.1 Å². The molecule has 1 rings (SSSR count). The van der Waals surface area contributed by atoms with Gasteiger partial charge in [-0.15, -0.1) is 0 Å². The highest BCUT2D eigenvalue weighted by atomic mass is 16.2. The number of carbonyl (C=O) groups is 1. The molecule has 0 aromatic heterocycles. The van der Waals surface area contributed by atoms with Crippen LogP contribution >= 0.6 is 0 Å². The number of amides is 1. The van der Waals surface area contributed by atoms with Gasteiger partial charge in [0.2, 0.25) is 5.91 Å². The molecular weight excluding hydrogens is 236 g/mol. The predicted molar refractivity (Wildman–Crippen MR) is 76.5 cm³/mol. The molecule has 1 atom stereocenters. The van der Waals surface area contributed by atoms with Crippen LogP contribution < -0.4 is 0 Å². The van der Waals surface area contributed by atoms with Gasteiger partial charge >= 0.3 is 0 Å². The summed E-state index contributed by atoms with van der Waals surface area (Å²) in [4.78, 5) is 13.8. The molecule has 1 aromatic rings. The Morgan fingerprint density at radius 1 is 1.37 bits per heavy atom. The summed E-state index contributed by atoms with van der Waals surface area (Å²) in [5.41, 5.74) is 2.49. The first kappa shape index (κ1) is 15.2. The van der Waals surface area contributed by atoms with Crippen LogP contribution in [0.5, 0.6) is 0 Å². The Balaban J connectivity index is 2.61. The molecule has 0 heterocycles. The van der Waals surface area contributed by atoms with Gasteiger partial charge in [0.05, 0.1) is 6.07 Å². The zero-order valence-corrected chi connectivity index (χ0v) is 12.2.